The highest BCUT2D eigenvalue weighted by Crippen LogP contribution is 2.20. The van der Waals surface area contributed by atoms with E-state index in [-0.39, 0.29) is 6.04 Å². The summed E-state index contributed by atoms with van der Waals surface area (Å²) in [6.45, 7) is 7.88. The number of hydrogen-bond acceptors (Lipinski definition) is 2. The summed E-state index contributed by atoms with van der Waals surface area (Å²) in [6, 6.07) is 7.04. The molecule has 0 aliphatic carbocycles. The lowest BCUT2D eigenvalue weighted by atomic mass is 9.99. The third kappa shape index (κ3) is 3.82. The van der Waals surface area contributed by atoms with Gasteiger partial charge in [0.1, 0.15) is 0 Å². The molecule has 0 aliphatic heterocycles. The fourth-order valence-electron chi connectivity index (χ4n) is 1.59. The van der Waals surface area contributed by atoms with Gasteiger partial charge in [0.25, 0.3) is 0 Å². The fourth-order valence-corrected chi connectivity index (χ4v) is 2.84. The van der Waals surface area contributed by atoms with E-state index >= 15 is 0 Å². The Hall–Kier alpha value is -0.870. The van der Waals surface area contributed by atoms with Gasteiger partial charge in [-0.05, 0) is 43.9 Å². The average Bonchev–Trinajstić information content (AvgIpc) is 2.26. The van der Waals surface area contributed by atoms with Crippen molar-refractivity contribution >= 4 is 10.0 Å². The van der Waals surface area contributed by atoms with E-state index in [0.717, 1.165) is 6.42 Å². The molecule has 0 saturated carbocycles. The summed E-state index contributed by atoms with van der Waals surface area (Å²) in [7, 11) is -3.36. The highest BCUT2D eigenvalue weighted by molar-refractivity contribution is 7.89. The van der Waals surface area contributed by atoms with Crippen LogP contribution in [0.5, 0.6) is 0 Å². The molecule has 0 spiro atoms. The molecule has 0 bridgehead atoms. The molecule has 0 aromatic heterocycles. The molecule has 1 aromatic carbocycles. The monoisotopic (exact) mass is 255 g/mol. The van der Waals surface area contributed by atoms with Crippen LogP contribution in [0, 0.1) is 0 Å². The van der Waals surface area contributed by atoms with E-state index in [1.807, 2.05) is 26.0 Å². The minimum atomic E-state index is -3.36. The van der Waals surface area contributed by atoms with E-state index in [9.17, 15) is 8.42 Å². The molecule has 1 unspecified atom stereocenters. The zero-order valence-corrected chi connectivity index (χ0v) is 11.7. The second-order valence-corrected chi connectivity index (χ2v) is 6.37. The Kier molecular flexibility index (Phi) is 4.71. The van der Waals surface area contributed by atoms with Gasteiger partial charge in [0.05, 0.1) is 4.90 Å². The smallest absolute Gasteiger partial charge is 0.209 e. The van der Waals surface area contributed by atoms with E-state index in [1.165, 1.54) is 5.56 Å². The Morgan fingerprint density at radius 1 is 1.12 bits per heavy atom. The van der Waals surface area contributed by atoms with Gasteiger partial charge in [-0.3, -0.25) is 0 Å². The molecule has 4 heteroatoms. The van der Waals surface area contributed by atoms with Gasteiger partial charge in [-0.15, -0.1) is 0 Å². The summed E-state index contributed by atoms with van der Waals surface area (Å²) in [5.74, 6) is 0.463. The van der Waals surface area contributed by atoms with Crippen LogP contribution in [0.25, 0.3) is 0 Å². The van der Waals surface area contributed by atoms with E-state index in [2.05, 4.69) is 18.6 Å². The van der Waals surface area contributed by atoms with Gasteiger partial charge >= 0.3 is 0 Å². The van der Waals surface area contributed by atoms with Crippen molar-refractivity contribution < 1.29 is 8.42 Å². The summed E-state index contributed by atoms with van der Waals surface area (Å²) in [5.41, 5.74) is 1.18. The molecule has 3 nitrogen and oxygen atoms in total. The molecule has 96 valence electrons. The third-order valence-corrected chi connectivity index (χ3v) is 4.44. The van der Waals surface area contributed by atoms with E-state index in [4.69, 9.17) is 0 Å². The number of sulfonamides is 1. The average molecular weight is 255 g/mol. The van der Waals surface area contributed by atoms with Gasteiger partial charge in [0.15, 0.2) is 0 Å². The minimum Gasteiger partial charge on any atom is -0.209 e. The topological polar surface area (TPSA) is 46.2 Å². The zero-order chi connectivity index (χ0) is 13.1. The number of hydrogen-bond donors (Lipinski definition) is 1. The summed E-state index contributed by atoms with van der Waals surface area (Å²) in [6.07, 6.45) is 1.05. The van der Waals surface area contributed by atoms with Crippen LogP contribution < -0.4 is 4.72 Å². The Morgan fingerprint density at radius 2 is 1.65 bits per heavy atom. The van der Waals surface area contributed by atoms with Crippen molar-refractivity contribution in [2.75, 3.05) is 0 Å². The van der Waals surface area contributed by atoms with E-state index in [1.54, 1.807) is 12.1 Å². The Bertz CT molecular complexity index is 449. The zero-order valence-electron chi connectivity index (χ0n) is 10.9. The fraction of sp³-hybridized carbons (Fsp3) is 0.538. The quantitative estimate of drug-likeness (QED) is 0.879. The first-order chi connectivity index (χ1) is 7.86. The standard InChI is InChI=1S/C13H21NO2S/c1-5-11(4)12-6-8-13(9-7-12)17(15,16)14-10(2)3/h6-11,14H,5H2,1-4H3. The van der Waals surface area contributed by atoms with Crippen molar-refractivity contribution in [3.05, 3.63) is 29.8 Å². The third-order valence-electron chi connectivity index (χ3n) is 2.76. The minimum absolute atomic E-state index is 0.0887. The second-order valence-electron chi connectivity index (χ2n) is 4.65. The maximum Gasteiger partial charge on any atom is 0.240 e. The maximum atomic E-state index is 11.9. The van der Waals surface area contributed by atoms with Crippen LogP contribution in [-0.2, 0) is 10.0 Å². The highest BCUT2D eigenvalue weighted by Gasteiger charge is 2.15. The highest BCUT2D eigenvalue weighted by atomic mass is 32.2. The van der Waals surface area contributed by atoms with Crippen LogP contribution in [-0.4, -0.2) is 14.5 Å². The van der Waals surface area contributed by atoms with Gasteiger partial charge in [0, 0.05) is 6.04 Å². The van der Waals surface area contributed by atoms with Gasteiger partial charge in [-0.1, -0.05) is 26.0 Å². The molecule has 0 amide bonds. The van der Waals surface area contributed by atoms with Crippen molar-refractivity contribution in [1.82, 2.24) is 4.72 Å². The maximum absolute atomic E-state index is 11.9. The summed E-state index contributed by atoms with van der Waals surface area (Å²) < 4.78 is 26.3. The summed E-state index contributed by atoms with van der Waals surface area (Å²) in [4.78, 5) is 0.332. The van der Waals surface area contributed by atoms with E-state index < -0.39 is 10.0 Å². The Morgan fingerprint density at radius 3 is 2.06 bits per heavy atom. The van der Waals surface area contributed by atoms with Gasteiger partial charge in [0.2, 0.25) is 10.0 Å². The molecule has 0 aliphatic rings. The SMILES string of the molecule is CCC(C)c1ccc(S(=O)(=O)NC(C)C)cc1. The lowest BCUT2D eigenvalue weighted by Crippen LogP contribution is -2.30. The molecule has 0 heterocycles. The molecule has 1 atom stereocenters. The summed E-state index contributed by atoms with van der Waals surface area (Å²) >= 11 is 0. The Labute approximate surface area is 104 Å². The van der Waals surface area contributed by atoms with Crippen LogP contribution in [0.15, 0.2) is 29.2 Å². The van der Waals surface area contributed by atoms with Crippen molar-refractivity contribution in [2.45, 2.75) is 51.0 Å². The first kappa shape index (κ1) is 14.2. The van der Waals surface area contributed by atoms with E-state index in [0.29, 0.717) is 10.8 Å². The van der Waals surface area contributed by atoms with Crippen molar-refractivity contribution in [3.63, 3.8) is 0 Å². The van der Waals surface area contributed by atoms with Crippen molar-refractivity contribution in [1.29, 1.82) is 0 Å². The molecular formula is C13H21NO2S. The normalized spacial score (nSPS) is 13.9. The number of rotatable bonds is 5. The van der Waals surface area contributed by atoms with Crippen LogP contribution in [0.1, 0.15) is 45.6 Å². The predicted octanol–water partition coefficient (Wildman–Crippen LogP) is 2.89. The predicted molar refractivity (Wildman–Crippen MR) is 70.6 cm³/mol. The Balaban J connectivity index is 2.95. The first-order valence-electron chi connectivity index (χ1n) is 5.99. The van der Waals surface area contributed by atoms with Gasteiger partial charge < -0.3 is 0 Å². The lowest BCUT2D eigenvalue weighted by Gasteiger charge is -2.12. The largest absolute Gasteiger partial charge is 0.240 e. The molecule has 0 fully saturated rings. The van der Waals surface area contributed by atoms with Crippen LogP contribution >= 0.6 is 0 Å². The molecule has 1 rings (SSSR count). The molecule has 1 N–H and O–H groups in total. The van der Waals surface area contributed by atoms with Crippen molar-refractivity contribution in [2.24, 2.45) is 0 Å². The summed E-state index contributed by atoms with van der Waals surface area (Å²) in [5, 5.41) is 0. The molecular weight excluding hydrogens is 234 g/mol. The van der Waals surface area contributed by atoms with Crippen LogP contribution in [0.4, 0.5) is 0 Å². The number of benzene rings is 1. The molecule has 0 radical (unpaired) electrons. The molecule has 0 saturated heterocycles. The second kappa shape index (κ2) is 5.65. The van der Waals surface area contributed by atoms with Crippen LogP contribution in [0.3, 0.4) is 0 Å². The van der Waals surface area contributed by atoms with Gasteiger partial charge in [-0.25, -0.2) is 13.1 Å². The van der Waals surface area contributed by atoms with Crippen molar-refractivity contribution in [3.8, 4) is 0 Å². The molecule has 17 heavy (non-hydrogen) atoms. The molecule has 1 aromatic rings. The first-order valence-corrected chi connectivity index (χ1v) is 7.47. The van der Waals surface area contributed by atoms with Crippen LogP contribution in [0.2, 0.25) is 0 Å². The lowest BCUT2D eigenvalue weighted by molar-refractivity contribution is 0.570. The van der Waals surface area contributed by atoms with Gasteiger partial charge in [-0.2, -0.15) is 0 Å². The number of nitrogens with one attached hydrogen (secondary N) is 1.